The zero-order chi connectivity index (χ0) is 12.1. The van der Waals surface area contributed by atoms with Crippen molar-refractivity contribution in [3.63, 3.8) is 0 Å². The summed E-state index contributed by atoms with van der Waals surface area (Å²) in [5.41, 5.74) is 1.13. The first-order valence-electron chi connectivity index (χ1n) is 6.12. The first kappa shape index (κ1) is 18.2. The van der Waals surface area contributed by atoms with E-state index in [9.17, 15) is 4.79 Å². The zero-order valence-corrected chi connectivity index (χ0v) is 12.7. The molecule has 1 amide bonds. The first-order chi connectivity index (χ1) is 8.27. The van der Waals surface area contributed by atoms with Crippen molar-refractivity contribution >= 4 is 30.7 Å². The second-order valence-electron chi connectivity index (χ2n) is 4.57. The Kier molecular flexibility index (Phi) is 8.72. The van der Waals surface area contributed by atoms with Crippen molar-refractivity contribution in [2.24, 2.45) is 5.92 Å². The molecule has 0 atom stereocenters. The van der Waals surface area contributed by atoms with Gasteiger partial charge in [-0.15, -0.1) is 24.8 Å². The van der Waals surface area contributed by atoms with E-state index in [0.29, 0.717) is 6.54 Å². The molecule has 1 aromatic rings. The van der Waals surface area contributed by atoms with Gasteiger partial charge in [0, 0.05) is 31.9 Å². The molecule has 6 heteroatoms. The van der Waals surface area contributed by atoms with Crippen LogP contribution < -0.4 is 5.32 Å². The maximum Gasteiger partial charge on any atom is 0.225 e. The highest BCUT2D eigenvalue weighted by molar-refractivity contribution is 5.85. The summed E-state index contributed by atoms with van der Waals surface area (Å²) < 4.78 is 0. The molecule has 0 spiro atoms. The van der Waals surface area contributed by atoms with E-state index in [2.05, 4.69) is 10.3 Å². The molecule has 0 radical (unpaired) electrons. The molecule has 1 N–H and O–H groups in total. The number of hydrogen-bond acceptors (Lipinski definition) is 3. The Morgan fingerprint density at radius 1 is 1.32 bits per heavy atom. The molecule has 108 valence electrons. The summed E-state index contributed by atoms with van der Waals surface area (Å²) in [7, 11) is 1.88. The van der Waals surface area contributed by atoms with E-state index in [1.54, 1.807) is 12.4 Å². The minimum atomic E-state index is 0. The van der Waals surface area contributed by atoms with E-state index in [1.165, 1.54) is 0 Å². The number of nitrogens with zero attached hydrogens (tertiary/aromatic N) is 2. The zero-order valence-electron chi connectivity index (χ0n) is 11.0. The maximum absolute atomic E-state index is 12.2. The van der Waals surface area contributed by atoms with Gasteiger partial charge in [-0.25, -0.2) is 0 Å². The highest BCUT2D eigenvalue weighted by Gasteiger charge is 2.23. The van der Waals surface area contributed by atoms with Crippen LogP contribution in [0.3, 0.4) is 0 Å². The molecule has 0 aliphatic carbocycles. The van der Waals surface area contributed by atoms with Crippen LogP contribution in [0.25, 0.3) is 0 Å². The third-order valence-electron chi connectivity index (χ3n) is 3.23. The first-order valence-corrected chi connectivity index (χ1v) is 6.12. The SMILES string of the molecule is CN(Cc1ccncc1)C(=O)C1CCNCC1.Cl.Cl. The minimum absolute atomic E-state index is 0. The number of aromatic nitrogens is 1. The third-order valence-corrected chi connectivity index (χ3v) is 3.23. The van der Waals surface area contributed by atoms with Crippen molar-refractivity contribution in [2.45, 2.75) is 19.4 Å². The van der Waals surface area contributed by atoms with Gasteiger partial charge in [-0.05, 0) is 43.6 Å². The molecule has 1 fully saturated rings. The van der Waals surface area contributed by atoms with Crippen LogP contribution in [-0.2, 0) is 11.3 Å². The van der Waals surface area contributed by atoms with Crippen molar-refractivity contribution in [1.82, 2.24) is 15.2 Å². The monoisotopic (exact) mass is 305 g/mol. The second kappa shape index (κ2) is 9.13. The summed E-state index contributed by atoms with van der Waals surface area (Å²) in [5.74, 6) is 0.464. The van der Waals surface area contributed by atoms with E-state index < -0.39 is 0 Å². The molecule has 4 nitrogen and oxygen atoms in total. The largest absolute Gasteiger partial charge is 0.341 e. The normalized spacial score (nSPS) is 15.0. The van der Waals surface area contributed by atoms with Gasteiger partial charge in [0.15, 0.2) is 0 Å². The van der Waals surface area contributed by atoms with Crippen molar-refractivity contribution < 1.29 is 4.79 Å². The number of piperidine rings is 1. The lowest BCUT2D eigenvalue weighted by atomic mass is 9.96. The number of nitrogens with one attached hydrogen (secondary N) is 1. The molecular weight excluding hydrogens is 285 g/mol. The predicted molar refractivity (Wildman–Crippen MR) is 80.8 cm³/mol. The third kappa shape index (κ3) is 5.35. The molecule has 19 heavy (non-hydrogen) atoms. The van der Waals surface area contributed by atoms with Gasteiger partial charge >= 0.3 is 0 Å². The van der Waals surface area contributed by atoms with Gasteiger partial charge in [0.05, 0.1) is 0 Å². The maximum atomic E-state index is 12.2. The Balaban J connectivity index is 0.00000162. The number of hydrogen-bond donors (Lipinski definition) is 1. The molecule has 0 saturated carbocycles. The molecular formula is C13H21Cl2N3O. The smallest absolute Gasteiger partial charge is 0.225 e. The van der Waals surface area contributed by atoms with Crippen LogP contribution in [0.2, 0.25) is 0 Å². The van der Waals surface area contributed by atoms with Crippen LogP contribution in [-0.4, -0.2) is 35.9 Å². The fraction of sp³-hybridized carbons (Fsp3) is 0.538. The molecule has 0 unspecified atom stereocenters. The molecule has 0 aromatic carbocycles. The van der Waals surface area contributed by atoms with Crippen LogP contribution >= 0.6 is 24.8 Å². The van der Waals surface area contributed by atoms with Gasteiger partial charge in [0.25, 0.3) is 0 Å². The standard InChI is InChI=1S/C13H19N3O.2ClH/c1-16(10-11-2-6-14-7-3-11)13(17)12-4-8-15-9-5-12;;/h2-3,6-7,12,15H,4-5,8-10H2,1H3;2*1H. The molecule has 1 saturated heterocycles. The van der Waals surface area contributed by atoms with E-state index in [0.717, 1.165) is 31.5 Å². The van der Waals surface area contributed by atoms with Crippen molar-refractivity contribution in [3.05, 3.63) is 30.1 Å². The Morgan fingerprint density at radius 2 is 1.89 bits per heavy atom. The molecule has 2 rings (SSSR count). The summed E-state index contributed by atoms with van der Waals surface area (Å²) in [6.07, 6.45) is 5.44. The Hall–Kier alpha value is -0.840. The van der Waals surface area contributed by atoms with E-state index >= 15 is 0 Å². The van der Waals surface area contributed by atoms with Crippen molar-refractivity contribution in [3.8, 4) is 0 Å². The summed E-state index contributed by atoms with van der Waals surface area (Å²) in [4.78, 5) is 18.0. The topological polar surface area (TPSA) is 45.2 Å². The summed E-state index contributed by atoms with van der Waals surface area (Å²) in [6, 6.07) is 3.90. The van der Waals surface area contributed by atoms with Crippen LogP contribution in [0, 0.1) is 5.92 Å². The van der Waals surface area contributed by atoms with Crippen molar-refractivity contribution in [1.29, 1.82) is 0 Å². The van der Waals surface area contributed by atoms with Gasteiger partial charge in [-0.2, -0.15) is 0 Å². The number of halogens is 2. The fourth-order valence-electron chi connectivity index (χ4n) is 2.22. The predicted octanol–water partition coefficient (Wildman–Crippen LogP) is 1.88. The van der Waals surface area contributed by atoms with Gasteiger partial charge in [0.2, 0.25) is 5.91 Å². The molecule has 0 bridgehead atoms. The molecule has 2 heterocycles. The number of carbonyl (C=O) groups is 1. The van der Waals surface area contributed by atoms with Crippen molar-refractivity contribution in [2.75, 3.05) is 20.1 Å². The quantitative estimate of drug-likeness (QED) is 0.927. The number of rotatable bonds is 3. The summed E-state index contributed by atoms with van der Waals surface area (Å²) >= 11 is 0. The molecule has 1 aliphatic heterocycles. The Bertz CT molecular complexity index is 369. The average Bonchev–Trinajstić information content (AvgIpc) is 2.40. The molecule has 1 aliphatic rings. The van der Waals surface area contributed by atoms with Gasteiger partial charge < -0.3 is 10.2 Å². The fourth-order valence-corrected chi connectivity index (χ4v) is 2.22. The average molecular weight is 306 g/mol. The van der Waals surface area contributed by atoms with Crippen LogP contribution in [0.1, 0.15) is 18.4 Å². The lowest BCUT2D eigenvalue weighted by Crippen LogP contribution is -2.38. The van der Waals surface area contributed by atoms with Gasteiger partial charge in [-0.1, -0.05) is 0 Å². The Morgan fingerprint density at radius 3 is 2.47 bits per heavy atom. The summed E-state index contributed by atoms with van der Waals surface area (Å²) in [6.45, 7) is 2.59. The minimum Gasteiger partial charge on any atom is -0.341 e. The van der Waals surface area contributed by atoms with Crippen LogP contribution in [0.4, 0.5) is 0 Å². The highest BCUT2D eigenvalue weighted by atomic mass is 35.5. The lowest BCUT2D eigenvalue weighted by molar-refractivity contribution is -0.135. The number of pyridine rings is 1. The van der Waals surface area contributed by atoms with Crippen LogP contribution in [0.5, 0.6) is 0 Å². The number of amides is 1. The van der Waals surface area contributed by atoms with E-state index in [4.69, 9.17) is 0 Å². The number of carbonyl (C=O) groups excluding carboxylic acids is 1. The lowest BCUT2D eigenvalue weighted by Gasteiger charge is -2.27. The Labute approximate surface area is 126 Å². The van der Waals surface area contributed by atoms with E-state index in [1.807, 2.05) is 24.1 Å². The van der Waals surface area contributed by atoms with E-state index in [-0.39, 0.29) is 36.6 Å². The van der Waals surface area contributed by atoms with Gasteiger partial charge in [-0.3, -0.25) is 9.78 Å². The summed E-state index contributed by atoms with van der Waals surface area (Å²) in [5, 5.41) is 3.28. The highest BCUT2D eigenvalue weighted by Crippen LogP contribution is 2.15. The van der Waals surface area contributed by atoms with Crippen LogP contribution in [0.15, 0.2) is 24.5 Å². The molecule has 1 aromatic heterocycles. The van der Waals surface area contributed by atoms with Gasteiger partial charge in [0.1, 0.15) is 0 Å². The second-order valence-corrected chi connectivity index (χ2v) is 4.57.